The highest BCUT2D eigenvalue weighted by Gasteiger charge is 2.20. The maximum Gasteiger partial charge on any atom is 0.338 e. The van der Waals surface area contributed by atoms with Crippen molar-refractivity contribution >= 4 is 45.3 Å². The molecular formula is C32H29ClN4O7S. The molecule has 0 fully saturated rings. The number of carbonyl (C=O) groups excluding carboxylic acids is 4. The van der Waals surface area contributed by atoms with Gasteiger partial charge in [0.25, 0.3) is 27.7 Å². The highest BCUT2D eigenvalue weighted by atomic mass is 35.5. The molecule has 4 aromatic rings. The van der Waals surface area contributed by atoms with Crippen LogP contribution in [0.4, 0.5) is 0 Å². The Morgan fingerprint density at radius 1 is 0.778 bits per heavy atom. The second-order valence-corrected chi connectivity index (χ2v) is 11.8. The Morgan fingerprint density at radius 3 is 2.11 bits per heavy atom. The summed E-state index contributed by atoms with van der Waals surface area (Å²) in [6.07, 6.45) is 1.54. The number of nitrogens with zero attached hydrogens (tertiary/aromatic N) is 1. The lowest BCUT2D eigenvalue weighted by Gasteiger charge is -2.09. The van der Waals surface area contributed by atoms with Gasteiger partial charge in [0.2, 0.25) is 0 Å². The molecule has 0 bridgehead atoms. The molecular weight excluding hydrogens is 620 g/mol. The van der Waals surface area contributed by atoms with Crippen LogP contribution in [0, 0.1) is 6.92 Å². The fraction of sp³-hybridized carbons (Fsp3) is 0.156. The van der Waals surface area contributed by atoms with Crippen LogP contribution in [0.1, 0.15) is 52.7 Å². The first-order chi connectivity index (χ1) is 21.5. The van der Waals surface area contributed by atoms with Gasteiger partial charge in [0.1, 0.15) is 12.3 Å². The minimum atomic E-state index is -4.20. The summed E-state index contributed by atoms with van der Waals surface area (Å²) in [6.45, 7) is 2.10. The predicted molar refractivity (Wildman–Crippen MR) is 167 cm³/mol. The summed E-state index contributed by atoms with van der Waals surface area (Å²) < 4.78 is 32.7. The molecule has 3 amide bonds. The zero-order valence-corrected chi connectivity index (χ0v) is 25.7. The Bertz CT molecular complexity index is 1790. The van der Waals surface area contributed by atoms with Crippen LogP contribution in [0.3, 0.4) is 0 Å². The number of sulfonamides is 1. The smallest absolute Gasteiger partial charge is 0.338 e. The van der Waals surface area contributed by atoms with Gasteiger partial charge in [0, 0.05) is 23.3 Å². The minimum absolute atomic E-state index is 0.0143. The Balaban J connectivity index is 1.22. The van der Waals surface area contributed by atoms with Gasteiger partial charge < -0.3 is 15.4 Å². The third-order valence-corrected chi connectivity index (χ3v) is 8.11. The maximum absolute atomic E-state index is 12.8. The van der Waals surface area contributed by atoms with E-state index in [1.165, 1.54) is 24.3 Å². The molecule has 3 aromatic carbocycles. The number of carbonyl (C=O) groups is 4. The van der Waals surface area contributed by atoms with Gasteiger partial charge in [-0.2, -0.15) is 0 Å². The van der Waals surface area contributed by atoms with Crippen LogP contribution in [0.15, 0.2) is 96.0 Å². The summed E-state index contributed by atoms with van der Waals surface area (Å²) in [5, 5.41) is 5.87. The summed E-state index contributed by atoms with van der Waals surface area (Å²) in [4.78, 5) is 53.2. The van der Waals surface area contributed by atoms with E-state index in [4.69, 9.17) is 16.3 Å². The van der Waals surface area contributed by atoms with Crippen molar-refractivity contribution in [3.63, 3.8) is 0 Å². The molecule has 45 heavy (non-hydrogen) atoms. The third kappa shape index (κ3) is 9.21. The van der Waals surface area contributed by atoms with Crippen LogP contribution in [0.5, 0.6) is 0 Å². The number of aryl methyl sites for hydroxylation is 1. The number of ether oxygens (including phenoxy) is 1. The molecule has 0 saturated carbocycles. The Labute approximate surface area is 265 Å². The normalized spacial score (nSPS) is 10.9. The Kier molecular flexibility index (Phi) is 11.0. The molecule has 1 aromatic heterocycles. The summed E-state index contributed by atoms with van der Waals surface area (Å²) in [7, 11) is -4.20. The van der Waals surface area contributed by atoms with E-state index in [1.54, 1.807) is 61.5 Å². The van der Waals surface area contributed by atoms with Crippen LogP contribution in [-0.2, 0) is 21.2 Å². The molecule has 3 N–H and O–H groups in total. The number of amides is 3. The topological polar surface area (TPSA) is 161 Å². The van der Waals surface area contributed by atoms with Gasteiger partial charge in [0.15, 0.2) is 0 Å². The highest BCUT2D eigenvalue weighted by Crippen LogP contribution is 2.13. The third-order valence-electron chi connectivity index (χ3n) is 6.51. The number of halogens is 1. The fourth-order valence-electron chi connectivity index (χ4n) is 4.04. The highest BCUT2D eigenvalue weighted by molar-refractivity contribution is 7.90. The SMILES string of the molecule is Cc1ccccc1C(=O)OCCNC(=O)c1ccc(C(=O)NS(=O)(=O)c2ccc(CCNC(=O)c3ccc(Cl)cc3)cc2)cn1. The first-order valence-corrected chi connectivity index (χ1v) is 15.6. The lowest BCUT2D eigenvalue weighted by Crippen LogP contribution is -2.31. The lowest BCUT2D eigenvalue weighted by molar-refractivity contribution is 0.0502. The molecule has 1 heterocycles. The summed E-state index contributed by atoms with van der Waals surface area (Å²) in [5.74, 6) is -2.25. The molecule has 0 spiro atoms. The monoisotopic (exact) mass is 648 g/mol. The summed E-state index contributed by atoms with van der Waals surface area (Å²) >= 11 is 5.84. The first kappa shape index (κ1) is 32.8. The number of pyridine rings is 1. The summed E-state index contributed by atoms with van der Waals surface area (Å²) in [5.41, 5.74) is 2.37. The van der Waals surface area contributed by atoms with Crippen molar-refractivity contribution in [1.29, 1.82) is 0 Å². The van der Waals surface area contributed by atoms with Crippen molar-refractivity contribution in [2.75, 3.05) is 19.7 Å². The number of nitrogens with one attached hydrogen (secondary N) is 3. The Morgan fingerprint density at radius 2 is 1.44 bits per heavy atom. The zero-order valence-electron chi connectivity index (χ0n) is 24.1. The standard InChI is InChI=1S/C32H29ClN4O7S/c1-21-4-2-3-5-27(21)32(41)44-19-18-35-31(40)28-15-10-24(20-36-28)30(39)37-45(42,43)26-13-6-22(7-14-26)16-17-34-29(38)23-8-11-25(33)12-9-23/h2-15,20H,16-19H2,1H3,(H,34,38)(H,35,40)(H,37,39). The van der Waals surface area contributed by atoms with Gasteiger partial charge in [-0.15, -0.1) is 0 Å². The molecule has 13 heteroatoms. The van der Waals surface area contributed by atoms with Gasteiger partial charge in [0.05, 0.1) is 22.6 Å². The van der Waals surface area contributed by atoms with Gasteiger partial charge >= 0.3 is 5.97 Å². The van der Waals surface area contributed by atoms with E-state index in [9.17, 15) is 27.6 Å². The zero-order chi connectivity index (χ0) is 32.4. The molecule has 0 saturated heterocycles. The van der Waals surface area contributed by atoms with Crippen molar-refractivity contribution < 1.29 is 32.3 Å². The van der Waals surface area contributed by atoms with E-state index in [0.29, 0.717) is 29.1 Å². The molecule has 4 rings (SSSR count). The van der Waals surface area contributed by atoms with Crippen molar-refractivity contribution in [2.24, 2.45) is 0 Å². The molecule has 0 aliphatic carbocycles. The largest absolute Gasteiger partial charge is 0.460 e. The molecule has 11 nitrogen and oxygen atoms in total. The number of aromatic nitrogens is 1. The van der Waals surface area contributed by atoms with Crippen LogP contribution >= 0.6 is 11.6 Å². The van der Waals surface area contributed by atoms with E-state index in [2.05, 4.69) is 15.6 Å². The van der Waals surface area contributed by atoms with E-state index >= 15 is 0 Å². The average molecular weight is 649 g/mol. The maximum atomic E-state index is 12.8. The van der Waals surface area contributed by atoms with E-state index in [1.807, 2.05) is 10.8 Å². The molecule has 0 unspecified atom stereocenters. The van der Waals surface area contributed by atoms with Crippen LogP contribution < -0.4 is 15.4 Å². The first-order valence-electron chi connectivity index (χ1n) is 13.7. The number of hydrogen-bond donors (Lipinski definition) is 3. The number of esters is 1. The van der Waals surface area contributed by atoms with Gasteiger partial charge in [-0.25, -0.2) is 17.9 Å². The van der Waals surface area contributed by atoms with Crippen LogP contribution in [0.2, 0.25) is 5.02 Å². The second kappa shape index (κ2) is 15.1. The molecule has 0 atom stereocenters. The minimum Gasteiger partial charge on any atom is -0.460 e. The van der Waals surface area contributed by atoms with Gasteiger partial charge in [-0.1, -0.05) is 41.9 Å². The molecule has 232 valence electrons. The Hall–Kier alpha value is -5.07. The number of rotatable bonds is 12. The second-order valence-electron chi connectivity index (χ2n) is 9.73. The van der Waals surface area contributed by atoms with Crippen LogP contribution in [0.25, 0.3) is 0 Å². The van der Waals surface area contributed by atoms with Crippen molar-refractivity contribution in [2.45, 2.75) is 18.2 Å². The molecule has 0 aliphatic heterocycles. The van der Waals surface area contributed by atoms with E-state index < -0.39 is 27.8 Å². The fourth-order valence-corrected chi connectivity index (χ4v) is 5.14. The molecule has 0 aliphatic rings. The van der Waals surface area contributed by atoms with Gasteiger partial charge in [-0.05, 0) is 79.1 Å². The van der Waals surface area contributed by atoms with Crippen molar-refractivity contribution in [3.05, 3.63) is 130 Å². The van der Waals surface area contributed by atoms with Crippen molar-refractivity contribution in [1.82, 2.24) is 20.3 Å². The van der Waals surface area contributed by atoms with E-state index in [-0.39, 0.29) is 35.2 Å². The number of hydrogen-bond acceptors (Lipinski definition) is 8. The summed E-state index contributed by atoms with van der Waals surface area (Å²) in [6, 6.07) is 21.9. The molecule has 0 radical (unpaired) electrons. The van der Waals surface area contributed by atoms with Crippen molar-refractivity contribution in [3.8, 4) is 0 Å². The lowest BCUT2D eigenvalue weighted by atomic mass is 10.1. The quantitative estimate of drug-likeness (QED) is 0.155. The average Bonchev–Trinajstić information content (AvgIpc) is 3.03. The number of benzene rings is 3. The van der Waals surface area contributed by atoms with E-state index in [0.717, 1.165) is 17.3 Å². The van der Waals surface area contributed by atoms with Gasteiger partial charge in [-0.3, -0.25) is 19.4 Å². The van der Waals surface area contributed by atoms with Crippen LogP contribution in [-0.4, -0.2) is 56.8 Å². The predicted octanol–water partition coefficient (Wildman–Crippen LogP) is 3.72.